The molecule has 0 heterocycles. The van der Waals surface area contributed by atoms with E-state index in [1.165, 1.54) is 13.2 Å². The van der Waals surface area contributed by atoms with Crippen molar-refractivity contribution in [2.75, 3.05) is 7.11 Å². The number of carbonyl (C=O) groups is 2. The largest absolute Gasteiger partial charge is 0.466 e. The zero-order valence-corrected chi connectivity index (χ0v) is 11.8. The van der Waals surface area contributed by atoms with Crippen molar-refractivity contribution >= 4 is 17.8 Å². The van der Waals surface area contributed by atoms with Gasteiger partial charge in [-0.05, 0) is 17.2 Å². The van der Waals surface area contributed by atoms with Crippen molar-refractivity contribution in [3.05, 3.63) is 77.4 Å². The third-order valence-corrected chi connectivity index (χ3v) is 3.02. The molecule has 3 nitrogen and oxygen atoms in total. The number of hydrogen-bond donors (Lipinski definition) is 0. The fourth-order valence-corrected chi connectivity index (χ4v) is 1.95. The third-order valence-electron chi connectivity index (χ3n) is 3.02. The average Bonchev–Trinajstić information content (AvgIpc) is 2.53. The van der Waals surface area contributed by atoms with Crippen LogP contribution < -0.4 is 0 Å². The maximum Gasteiger partial charge on any atom is 0.330 e. The SMILES string of the molecule is COC(=O)C=Cc1cccc(CC(=O)c2ccccc2)c1. The summed E-state index contributed by atoms with van der Waals surface area (Å²) in [4.78, 5) is 23.2. The van der Waals surface area contributed by atoms with Gasteiger partial charge in [-0.15, -0.1) is 0 Å². The molecule has 0 aromatic heterocycles. The first-order chi connectivity index (χ1) is 10.2. The van der Waals surface area contributed by atoms with Crippen molar-refractivity contribution in [2.24, 2.45) is 0 Å². The number of Topliss-reactive ketones (excluding diaryl/α,β-unsaturated/α-hetero) is 1. The lowest BCUT2D eigenvalue weighted by Crippen LogP contribution is -2.03. The molecular weight excluding hydrogens is 264 g/mol. The molecule has 3 heteroatoms. The van der Waals surface area contributed by atoms with E-state index in [0.717, 1.165) is 11.1 Å². The number of ether oxygens (including phenoxy) is 1. The molecule has 106 valence electrons. The summed E-state index contributed by atoms with van der Waals surface area (Å²) >= 11 is 0. The normalized spacial score (nSPS) is 10.5. The Kier molecular flexibility index (Phi) is 5.04. The second kappa shape index (κ2) is 7.20. The molecular formula is C18H16O3. The number of carbonyl (C=O) groups excluding carboxylic acids is 2. The Morgan fingerprint density at radius 3 is 2.52 bits per heavy atom. The van der Waals surface area contributed by atoms with E-state index < -0.39 is 5.97 Å². The Labute approximate surface area is 123 Å². The highest BCUT2D eigenvalue weighted by molar-refractivity contribution is 5.97. The second-order valence-electron chi connectivity index (χ2n) is 4.57. The minimum Gasteiger partial charge on any atom is -0.466 e. The van der Waals surface area contributed by atoms with Crippen LogP contribution in [0.3, 0.4) is 0 Å². The molecule has 0 aliphatic heterocycles. The van der Waals surface area contributed by atoms with Crippen LogP contribution in [0.5, 0.6) is 0 Å². The van der Waals surface area contributed by atoms with Gasteiger partial charge in [-0.3, -0.25) is 4.79 Å². The van der Waals surface area contributed by atoms with E-state index in [1.807, 2.05) is 54.6 Å². The Hall–Kier alpha value is -2.68. The summed E-state index contributed by atoms with van der Waals surface area (Å²) in [6.45, 7) is 0. The van der Waals surface area contributed by atoms with Gasteiger partial charge in [-0.2, -0.15) is 0 Å². The highest BCUT2D eigenvalue weighted by Gasteiger charge is 2.06. The van der Waals surface area contributed by atoms with Gasteiger partial charge in [-0.25, -0.2) is 4.79 Å². The molecule has 2 aromatic carbocycles. The van der Waals surface area contributed by atoms with E-state index >= 15 is 0 Å². The molecule has 0 amide bonds. The van der Waals surface area contributed by atoms with Crippen LogP contribution in [0.15, 0.2) is 60.7 Å². The topological polar surface area (TPSA) is 43.4 Å². The lowest BCUT2D eigenvalue weighted by atomic mass is 10.0. The average molecular weight is 280 g/mol. The first-order valence-corrected chi connectivity index (χ1v) is 6.62. The lowest BCUT2D eigenvalue weighted by Gasteiger charge is -2.03. The van der Waals surface area contributed by atoms with E-state index in [-0.39, 0.29) is 5.78 Å². The van der Waals surface area contributed by atoms with Crippen LogP contribution in [0.25, 0.3) is 6.08 Å². The van der Waals surface area contributed by atoms with Crippen molar-refractivity contribution in [2.45, 2.75) is 6.42 Å². The van der Waals surface area contributed by atoms with Gasteiger partial charge in [0.1, 0.15) is 0 Å². The van der Waals surface area contributed by atoms with E-state index in [0.29, 0.717) is 12.0 Å². The van der Waals surface area contributed by atoms with Crippen molar-refractivity contribution < 1.29 is 14.3 Å². The minimum atomic E-state index is -0.402. The van der Waals surface area contributed by atoms with Crippen molar-refractivity contribution in [1.82, 2.24) is 0 Å². The molecule has 0 N–H and O–H groups in total. The first-order valence-electron chi connectivity index (χ1n) is 6.62. The molecule has 2 aromatic rings. The van der Waals surface area contributed by atoms with Gasteiger partial charge < -0.3 is 4.74 Å². The Morgan fingerprint density at radius 1 is 1.05 bits per heavy atom. The Morgan fingerprint density at radius 2 is 1.81 bits per heavy atom. The minimum absolute atomic E-state index is 0.0738. The standard InChI is InChI=1S/C18H16O3/c1-21-18(20)11-10-14-6-5-7-15(12-14)13-17(19)16-8-3-2-4-9-16/h2-12H,13H2,1H3. The molecule has 0 fully saturated rings. The third kappa shape index (κ3) is 4.42. The number of benzene rings is 2. The predicted octanol–water partition coefficient (Wildman–Crippen LogP) is 3.30. The fourth-order valence-electron chi connectivity index (χ4n) is 1.95. The Bertz CT molecular complexity index is 657. The van der Waals surface area contributed by atoms with Crippen molar-refractivity contribution in [3.63, 3.8) is 0 Å². The lowest BCUT2D eigenvalue weighted by molar-refractivity contribution is -0.134. The number of methoxy groups -OCH3 is 1. The van der Waals surface area contributed by atoms with Gasteiger partial charge >= 0.3 is 5.97 Å². The summed E-state index contributed by atoms with van der Waals surface area (Å²) in [5, 5.41) is 0. The number of rotatable bonds is 5. The van der Waals surface area contributed by atoms with Gasteiger partial charge in [0, 0.05) is 18.1 Å². The van der Waals surface area contributed by atoms with Gasteiger partial charge in [0.25, 0.3) is 0 Å². The molecule has 0 aliphatic rings. The molecule has 0 spiro atoms. The van der Waals surface area contributed by atoms with E-state index in [1.54, 1.807) is 6.08 Å². The van der Waals surface area contributed by atoms with E-state index in [4.69, 9.17) is 0 Å². The molecule has 0 bridgehead atoms. The van der Waals surface area contributed by atoms with Crippen LogP contribution in [0.2, 0.25) is 0 Å². The second-order valence-corrected chi connectivity index (χ2v) is 4.57. The summed E-state index contributed by atoms with van der Waals surface area (Å²) in [7, 11) is 1.33. The monoisotopic (exact) mass is 280 g/mol. The zero-order chi connectivity index (χ0) is 15.1. The van der Waals surface area contributed by atoms with Gasteiger partial charge in [0.05, 0.1) is 7.11 Å². The maximum absolute atomic E-state index is 12.1. The van der Waals surface area contributed by atoms with Gasteiger partial charge in [-0.1, -0.05) is 54.6 Å². The molecule has 21 heavy (non-hydrogen) atoms. The molecule has 0 radical (unpaired) electrons. The first kappa shape index (κ1) is 14.7. The molecule has 0 aliphatic carbocycles. The summed E-state index contributed by atoms with van der Waals surface area (Å²) < 4.78 is 4.54. The zero-order valence-electron chi connectivity index (χ0n) is 11.8. The van der Waals surface area contributed by atoms with Crippen LogP contribution >= 0.6 is 0 Å². The highest BCUT2D eigenvalue weighted by Crippen LogP contribution is 2.11. The van der Waals surface area contributed by atoms with E-state index in [9.17, 15) is 9.59 Å². The van der Waals surface area contributed by atoms with Crippen LogP contribution in [-0.4, -0.2) is 18.9 Å². The summed E-state index contributed by atoms with van der Waals surface area (Å²) in [6.07, 6.45) is 3.37. The summed E-state index contributed by atoms with van der Waals surface area (Å²) in [6, 6.07) is 16.7. The summed E-state index contributed by atoms with van der Waals surface area (Å²) in [5.41, 5.74) is 2.47. The van der Waals surface area contributed by atoms with Crippen LogP contribution in [0, 0.1) is 0 Å². The summed E-state index contributed by atoms with van der Waals surface area (Å²) in [5.74, 6) is -0.328. The van der Waals surface area contributed by atoms with Crippen molar-refractivity contribution in [1.29, 1.82) is 0 Å². The van der Waals surface area contributed by atoms with Gasteiger partial charge in [0.2, 0.25) is 0 Å². The molecule has 2 rings (SSSR count). The Balaban J connectivity index is 2.09. The molecule has 0 atom stereocenters. The number of hydrogen-bond acceptors (Lipinski definition) is 3. The molecule has 0 saturated carbocycles. The van der Waals surface area contributed by atoms with Crippen LogP contribution in [0.1, 0.15) is 21.5 Å². The fraction of sp³-hybridized carbons (Fsp3) is 0.111. The number of esters is 1. The van der Waals surface area contributed by atoms with Gasteiger partial charge in [0.15, 0.2) is 5.78 Å². The quantitative estimate of drug-likeness (QED) is 0.479. The molecule has 0 unspecified atom stereocenters. The highest BCUT2D eigenvalue weighted by atomic mass is 16.5. The maximum atomic E-state index is 12.1. The van der Waals surface area contributed by atoms with E-state index in [2.05, 4.69) is 4.74 Å². The van der Waals surface area contributed by atoms with Crippen LogP contribution in [0.4, 0.5) is 0 Å². The number of ketones is 1. The van der Waals surface area contributed by atoms with Crippen LogP contribution in [-0.2, 0) is 16.0 Å². The predicted molar refractivity (Wildman–Crippen MR) is 82.0 cm³/mol. The smallest absolute Gasteiger partial charge is 0.330 e. The van der Waals surface area contributed by atoms with Crippen molar-refractivity contribution in [3.8, 4) is 0 Å². The molecule has 0 saturated heterocycles.